The molecule has 9 heteroatoms. The van der Waals surface area contributed by atoms with Crippen molar-refractivity contribution in [2.75, 3.05) is 25.9 Å². The standard InChI is InChI=1S/C16H24N4O4S/c1-5-18(8-12(2)3)15(21)10-19-11-17-14-9-20(25(4,23)24)7-6-13(14)16(19)22/h11H,2,5-10H2,1,3-4H3. The second-order valence-electron chi connectivity index (χ2n) is 6.31. The van der Waals surface area contributed by atoms with Crippen LogP contribution in [0.2, 0.25) is 0 Å². The lowest BCUT2D eigenvalue weighted by atomic mass is 10.1. The van der Waals surface area contributed by atoms with Crippen molar-refractivity contribution in [1.29, 1.82) is 0 Å². The summed E-state index contributed by atoms with van der Waals surface area (Å²) in [6.07, 6.45) is 2.75. The summed E-state index contributed by atoms with van der Waals surface area (Å²) in [5.74, 6) is -0.178. The topological polar surface area (TPSA) is 92.6 Å². The highest BCUT2D eigenvalue weighted by Crippen LogP contribution is 2.15. The van der Waals surface area contributed by atoms with Gasteiger partial charge in [-0.25, -0.2) is 13.4 Å². The monoisotopic (exact) mass is 368 g/mol. The average Bonchev–Trinajstić information content (AvgIpc) is 2.53. The molecule has 0 bridgehead atoms. The molecule has 1 aliphatic rings. The zero-order valence-corrected chi connectivity index (χ0v) is 15.7. The number of amides is 1. The maximum Gasteiger partial charge on any atom is 0.257 e. The number of nitrogens with zero attached hydrogens (tertiary/aromatic N) is 4. The predicted molar refractivity (Wildman–Crippen MR) is 94.5 cm³/mol. The van der Waals surface area contributed by atoms with Crippen molar-refractivity contribution in [3.63, 3.8) is 0 Å². The van der Waals surface area contributed by atoms with E-state index in [9.17, 15) is 18.0 Å². The molecule has 0 aliphatic carbocycles. The van der Waals surface area contributed by atoms with E-state index >= 15 is 0 Å². The van der Waals surface area contributed by atoms with Crippen LogP contribution in [0.4, 0.5) is 0 Å². The largest absolute Gasteiger partial charge is 0.337 e. The summed E-state index contributed by atoms with van der Waals surface area (Å²) in [6.45, 7) is 8.75. The first-order chi connectivity index (χ1) is 11.6. The SMILES string of the molecule is C=C(C)CN(CC)C(=O)Cn1cnc2c(c1=O)CCN(S(C)(=O)=O)C2. The van der Waals surface area contributed by atoms with E-state index in [2.05, 4.69) is 11.6 Å². The number of carbonyl (C=O) groups is 1. The van der Waals surface area contributed by atoms with Crippen LogP contribution in [0.25, 0.3) is 0 Å². The molecule has 0 fully saturated rings. The molecule has 8 nitrogen and oxygen atoms in total. The van der Waals surface area contributed by atoms with E-state index in [0.29, 0.717) is 30.8 Å². The highest BCUT2D eigenvalue weighted by molar-refractivity contribution is 7.88. The lowest BCUT2D eigenvalue weighted by Gasteiger charge is -2.26. The molecule has 0 saturated heterocycles. The molecule has 0 atom stereocenters. The Morgan fingerprint density at radius 2 is 2.12 bits per heavy atom. The Morgan fingerprint density at radius 3 is 2.68 bits per heavy atom. The fourth-order valence-corrected chi connectivity index (χ4v) is 3.56. The van der Waals surface area contributed by atoms with Crippen molar-refractivity contribution in [2.24, 2.45) is 0 Å². The zero-order valence-electron chi connectivity index (χ0n) is 14.9. The highest BCUT2D eigenvalue weighted by atomic mass is 32.2. The van der Waals surface area contributed by atoms with Crippen LogP contribution in [0.5, 0.6) is 0 Å². The van der Waals surface area contributed by atoms with Crippen molar-refractivity contribution in [3.05, 3.63) is 40.1 Å². The van der Waals surface area contributed by atoms with E-state index in [-0.39, 0.29) is 31.1 Å². The van der Waals surface area contributed by atoms with E-state index in [1.165, 1.54) is 15.2 Å². The number of fused-ring (bicyclic) bond motifs is 1. The Bertz CT molecular complexity index is 844. The number of likely N-dealkylation sites (N-methyl/N-ethyl adjacent to an activating group) is 1. The van der Waals surface area contributed by atoms with Gasteiger partial charge in [-0.2, -0.15) is 4.31 Å². The Labute approximate surface area is 147 Å². The van der Waals surface area contributed by atoms with E-state index in [1.54, 1.807) is 4.90 Å². The van der Waals surface area contributed by atoms with Crippen LogP contribution in [-0.4, -0.2) is 59.0 Å². The van der Waals surface area contributed by atoms with Crippen molar-refractivity contribution in [3.8, 4) is 0 Å². The predicted octanol–water partition coefficient (Wildman–Crippen LogP) is -0.0144. The van der Waals surface area contributed by atoms with Crippen LogP contribution in [0, 0.1) is 0 Å². The second-order valence-corrected chi connectivity index (χ2v) is 8.30. The van der Waals surface area contributed by atoms with Gasteiger partial charge in [-0.05, 0) is 20.3 Å². The summed E-state index contributed by atoms with van der Waals surface area (Å²) in [4.78, 5) is 30.8. The zero-order chi connectivity index (χ0) is 18.8. The van der Waals surface area contributed by atoms with Gasteiger partial charge in [0.15, 0.2) is 0 Å². The van der Waals surface area contributed by atoms with Crippen LogP contribution in [0.1, 0.15) is 25.1 Å². The molecule has 1 aromatic rings. The minimum Gasteiger partial charge on any atom is -0.337 e. The number of sulfonamides is 1. The maximum atomic E-state index is 12.6. The number of hydrogen-bond acceptors (Lipinski definition) is 5. The van der Waals surface area contributed by atoms with Crippen molar-refractivity contribution in [1.82, 2.24) is 18.8 Å². The van der Waals surface area contributed by atoms with Gasteiger partial charge in [-0.1, -0.05) is 12.2 Å². The Morgan fingerprint density at radius 1 is 1.44 bits per heavy atom. The lowest BCUT2D eigenvalue weighted by Crippen LogP contribution is -2.42. The molecule has 0 spiro atoms. The number of aromatic nitrogens is 2. The third kappa shape index (κ3) is 4.55. The first-order valence-electron chi connectivity index (χ1n) is 8.08. The molecule has 25 heavy (non-hydrogen) atoms. The van der Waals surface area contributed by atoms with Crippen LogP contribution < -0.4 is 5.56 Å². The van der Waals surface area contributed by atoms with Gasteiger partial charge in [-0.3, -0.25) is 14.2 Å². The van der Waals surface area contributed by atoms with E-state index in [0.717, 1.165) is 11.8 Å². The summed E-state index contributed by atoms with van der Waals surface area (Å²) in [5.41, 5.74) is 1.53. The van der Waals surface area contributed by atoms with Crippen molar-refractivity contribution in [2.45, 2.75) is 33.4 Å². The minimum absolute atomic E-state index is 0.0873. The first kappa shape index (κ1) is 19.3. The quantitative estimate of drug-likeness (QED) is 0.658. The Balaban J connectivity index is 2.22. The normalized spacial score (nSPS) is 14.8. The van der Waals surface area contributed by atoms with Gasteiger partial charge in [0.2, 0.25) is 15.9 Å². The average molecular weight is 368 g/mol. The molecule has 0 radical (unpaired) electrons. The summed E-state index contributed by atoms with van der Waals surface area (Å²) >= 11 is 0. The lowest BCUT2D eigenvalue weighted by molar-refractivity contribution is -0.131. The van der Waals surface area contributed by atoms with Gasteiger partial charge in [0.25, 0.3) is 5.56 Å². The molecule has 2 heterocycles. The smallest absolute Gasteiger partial charge is 0.257 e. The molecular weight excluding hydrogens is 344 g/mol. The molecule has 0 saturated carbocycles. The molecule has 0 unspecified atom stereocenters. The Hall–Kier alpha value is -2.00. The fraction of sp³-hybridized carbons (Fsp3) is 0.562. The van der Waals surface area contributed by atoms with Crippen LogP contribution >= 0.6 is 0 Å². The van der Waals surface area contributed by atoms with Gasteiger partial charge in [0.05, 0.1) is 24.8 Å². The highest BCUT2D eigenvalue weighted by Gasteiger charge is 2.26. The molecule has 2 rings (SSSR count). The fourth-order valence-electron chi connectivity index (χ4n) is 2.78. The summed E-state index contributed by atoms with van der Waals surface area (Å²) in [7, 11) is -3.32. The van der Waals surface area contributed by atoms with Crippen LogP contribution in [0.15, 0.2) is 23.3 Å². The van der Waals surface area contributed by atoms with Gasteiger partial charge in [0.1, 0.15) is 6.54 Å². The molecule has 1 aromatic heterocycles. The molecular formula is C16H24N4O4S. The molecule has 0 N–H and O–H groups in total. The van der Waals surface area contributed by atoms with Crippen LogP contribution in [-0.2, 0) is 34.3 Å². The second kappa shape index (κ2) is 7.49. The molecule has 1 amide bonds. The summed E-state index contributed by atoms with van der Waals surface area (Å²) < 4.78 is 25.9. The van der Waals surface area contributed by atoms with E-state index in [4.69, 9.17) is 0 Å². The molecule has 0 aromatic carbocycles. The molecule has 1 aliphatic heterocycles. The van der Waals surface area contributed by atoms with Gasteiger partial charge in [-0.15, -0.1) is 0 Å². The summed E-state index contributed by atoms with van der Waals surface area (Å²) in [6, 6.07) is 0. The van der Waals surface area contributed by atoms with Gasteiger partial charge >= 0.3 is 0 Å². The summed E-state index contributed by atoms with van der Waals surface area (Å²) in [5, 5.41) is 0. The van der Waals surface area contributed by atoms with E-state index in [1.807, 2.05) is 13.8 Å². The third-order valence-electron chi connectivity index (χ3n) is 4.13. The number of rotatable bonds is 6. The first-order valence-corrected chi connectivity index (χ1v) is 9.92. The number of hydrogen-bond donors (Lipinski definition) is 0. The Kier molecular flexibility index (Phi) is 5.79. The van der Waals surface area contributed by atoms with Crippen molar-refractivity contribution >= 4 is 15.9 Å². The van der Waals surface area contributed by atoms with E-state index < -0.39 is 10.0 Å². The minimum atomic E-state index is -3.32. The maximum absolute atomic E-state index is 12.6. The molecule has 138 valence electrons. The van der Waals surface area contributed by atoms with Gasteiger partial charge < -0.3 is 4.90 Å². The van der Waals surface area contributed by atoms with Gasteiger partial charge in [0, 0.05) is 25.2 Å². The van der Waals surface area contributed by atoms with Crippen molar-refractivity contribution < 1.29 is 13.2 Å². The number of carbonyl (C=O) groups excluding carboxylic acids is 1. The van der Waals surface area contributed by atoms with Crippen LogP contribution in [0.3, 0.4) is 0 Å². The third-order valence-corrected chi connectivity index (χ3v) is 5.38.